The maximum Gasteiger partial charge on any atom is 0.416 e. The van der Waals surface area contributed by atoms with Gasteiger partial charge < -0.3 is 14.6 Å². The summed E-state index contributed by atoms with van der Waals surface area (Å²) in [5.41, 5.74) is -2.86. The lowest BCUT2D eigenvalue weighted by Gasteiger charge is -2.36. The second kappa shape index (κ2) is 12.1. The van der Waals surface area contributed by atoms with E-state index in [1.54, 1.807) is 6.07 Å². The van der Waals surface area contributed by atoms with Crippen molar-refractivity contribution in [1.82, 2.24) is 4.90 Å². The molecule has 4 rings (SSSR count). The van der Waals surface area contributed by atoms with Gasteiger partial charge in [-0.1, -0.05) is 13.8 Å². The highest BCUT2D eigenvalue weighted by Crippen LogP contribution is 2.47. The van der Waals surface area contributed by atoms with Crippen molar-refractivity contribution in [3.8, 4) is 5.75 Å². The van der Waals surface area contributed by atoms with Crippen molar-refractivity contribution in [3.05, 3.63) is 69.5 Å². The third kappa shape index (κ3) is 7.28. The van der Waals surface area contributed by atoms with Gasteiger partial charge in [-0.05, 0) is 98.4 Å². The average Bonchev–Trinajstić information content (AvgIpc) is 3.21. The molecule has 252 valence electrons. The molecule has 1 aliphatic carbocycles. The molecule has 1 amide bonds. The largest absolute Gasteiger partial charge is 0.496 e. The van der Waals surface area contributed by atoms with Gasteiger partial charge in [-0.25, -0.2) is 9.18 Å². The number of hydrogen-bond donors (Lipinski definition) is 1. The zero-order valence-electron chi connectivity index (χ0n) is 26.3. The minimum atomic E-state index is -5.07. The van der Waals surface area contributed by atoms with Crippen molar-refractivity contribution in [1.29, 1.82) is 0 Å². The highest BCUT2D eigenvalue weighted by atomic mass is 19.4. The molecular formula is C33H36F7NO5. The maximum absolute atomic E-state index is 15.1. The smallest absolute Gasteiger partial charge is 0.416 e. The van der Waals surface area contributed by atoms with E-state index in [-0.39, 0.29) is 35.8 Å². The van der Waals surface area contributed by atoms with E-state index in [2.05, 4.69) is 0 Å². The Kier molecular flexibility index (Phi) is 9.24. The minimum absolute atomic E-state index is 0.0197. The van der Waals surface area contributed by atoms with Crippen LogP contribution >= 0.6 is 0 Å². The summed E-state index contributed by atoms with van der Waals surface area (Å²) in [5, 5.41) is 9.62. The number of halogens is 7. The molecule has 0 bridgehead atoms. The minimum Gasteiger partial charge on any atom is -0.496 e. The van der Waals surface area contributed by atoms with E-state index < -0.39 is 64.5 Å². The molecule has 1 saturated heterocycles. The summed E-state index contributed by atoms with van der Waals surface area (Å²) in [6.45, 7) is 8.42. The van der Waals surface area contributed by atoms with Crippen LogP contribution in [0.1, 0.15) is 87.8 Å². The molecule has 0 aromatic heterocycles. The number of nitrogens with zero attached hydrogens (tertiary/aromatic N) is 1. The number of ether oxygens (including phenoxy) is 2. The highest BCUT2D eigenvalue weighted by Gasteiger charge is 2.44. The number of cyclic esters (lactones) is 1. The molecule has 1 N–H and O–H groups in total. The molecule has 0 radical (unpaired) electrons. The zero-order chi connectivity index (χ0) is 34.6. The van der Waals surface area contributed by atoms with Gasteiger partial charge in [-0.2, -0.15) is 26.3 Å². The van der Waals surface area contributed by atoms with Crippen LogP contribution in [0.25, 0.3) is 5.57 Å². The maximum atomic E-state index is 15.1. The van der Waals surface area contributed by atoms with E-state index in [9.17, 15) is 41.0 Å². The van der Waals surface area contributed by atoms with Gasteiger partial charge in [0.1, 0.15) is 17.7 Å². The fourth-order valence-electron chi connectivity index (χ4n) is 6.09. The Morgan fingerprint density at radius 1 is 1.04 bits per heavy atom. The van der Waals surface area contributed by atoms with Gasteiger partial charge in [0.25, 0.3) is 0 Å². The van der Waals surface area contributed by atoms with Gasteiger partial charge >= 0.3 is 24.4 Å². The Balaban J connectivity index is 1.77. The van der Waals surface area contributed by atoms with Crippen LogP contribution in [-0.2, 0) is 28.3 Å². The van der Waals surface area contributed by atoms with Crippen molar-refractivity contribution >= 4 is 17.6 Å². The molecular weight excluding hydrogens is 623 g/mol. The quantitative estimate of drug-likeness (QED) is 0.286. The molecule has 13 heteroatoms. The number of carboxylic acids is 1. The van der Waals surface area contributed by atoms with Crippen LogP contribution in [-0.4, -0.2) is 41.8 Å². The van der Waals surface area contributed by atoms with E-state index in [4.69, 9.17) is 9.47 Å². The van der Waals surface area contributed by atoms with Gasteiger partial charge in [0.05, 0.1) is 29.7 Å². The Hall–Kier alpha value is -3.77. The third-order valence-electron chi connectivity index (χ3n) is 8.77. The molecule has 2 aliphatic rings. The highest BCUT2D eigenvalue weighted by molar-refractivity contribution is 5.78. The first kappa shape index (κ1) is 35.1. The van der Waals surface area contributed by atoms with E-state index >= 15 is 4.39 Å². The van der Waals surface area contributed by atoms with E-state index in [1.165, 1.54) is 38.8 Å². The first-order valence-electron chi connectivity index (χ1n) is 14.6. The molecule has 1 fully saturated rings. The first-order chi connectivity index (χ1) is 21.0. The number of carbonyl (C=O) groups is 2. The molecule has 0 unspecified atom stereocenters. The Labute approximate surface area is 262 Å². The lowest BCUT2D eigenvalue weighted by atomic mass is 9.72. The third-order valence-corrected chi connectivity index (χ3v) is 8.77. The van der Waals surface area contributed by atoms with Crippen molar-refractivity contribution in [3.63, 3.8) is 0 Å². The molecule has 2 atom stereocenters. The summed E-state index contributed by atoms with van der Waals surface area (Å²) in [6, 6.07) is 2.92. The Bertz CT molecular complexity index is 1530. The molecule has 46 heavy (non-hydrogen) atoms. The lowest BCUT2D eigenvalue weighted by Crippen LogP contribution is -2.35. The number of aliphatic carboxylic acids is 1. The topological polar surface area (TPSA) is 76.1 Å². The average molecular weight is 660 g/mol. The number of hydrogen-bond acceptors (Lipinski definition) is 4. The van der Waals surface area contributed by atoms with Crippen LogP contribution in [0.2, 0.25) is 0 Å². The number of amides is 1. The fourth-order valence-corrected chi connectivity index (χ4v) is 6.09. The summed E-state index contributed by atoms with van der Waals surface area (Å²) < 4.78 is 107. The lowest BCUT2D eigenvalue weighted by molar-refractivity contribution is -0.147. The standard InChI is InChI=1S/C33H36F7NO5/c1-17-27(18-9-21(32(35,36)37)12-22(10-18)33(38,39)40)46-29(44)41(17)16-20-14-30(2,3)8-7-23(20)24-11-19(15-31(4,5)28(42)43)25(34)13-26(24)45-6/h9-13,17,27H,7-8,14-16H2,1-6H3,(H,42,43)/t17-,27-/m0/s1. The predicted octanol–water partition coefficient (Wildman–Crippen LogP) is 9.07. The summed E-state index contributed by atoms with van der Waals surface area (Å²) in [7, 11) is 1.36. The second-order valence-electron chi connectivity index (χ2n) is 13.4. The molecule has 0 spiro atoms. The number of carboxylic acid groups (broad SMARTS) is 1. The number of alkyl halides is 6. The summed E-state index contributed by atoms with van der Waals surface area (Å²) in [6.07, 6.45) is -10.9. The zero-order valence-corrected chi connectivity index (χ0v) is 26.3. The monoisotopic (exact) mass is 659 g/mol. The van der Waals surface area contributed by atoms with Gasteiger partial charge in [0, 0.05) is 18.2 Å². The van der Waals surface area contributed by atoms with Crippen molar-refractivity contribution < 1.29 is 54.9 Å². The molecule has 2 aromatic rings. The van der Waals surface area contributed by atoms with E-state index in [0.717, 1.165) is 11.1 Å². The summed E-state index contributed by atoms with van der Waals surface area (Å²) in [4.78, 5) is 26.2. The van der Waals surface area contributed by atoms with E-state index in [0.29, 0.717) is 37.0 Å². The van der Waals surface area contributed by atoms with Gasteiger partial charge in [0.2, 0.25) is 0 Å². The number of benzene rings is 2. The van der Waals surface area contributed by atoms with Crippen molar-refractivity contribution in [2.24, 2.45) is 10.8 Å². The molecule has 6 nitrogen and oxygen atoms in total. The van der Waals surface area contributed by atoms with E-state index in [1.807, 2.05) is 13.8 Å². The van der Waals surface area contributed by atoms with Gasteiger partial charge in [-0.3, -0.25) is 9.69 Å². The molecule has 2 aromatic carbocycles. The fraction of sp³-hybridized carbons (Fsp3) is 0.515. The normalized spacial score (nSPS) is 20.6. The van der Waals surface area contributed by atoms with Crippen LogP contribution in [0.4, 0.5) is 35.5 Å². The van der Waals surface area contributed by atoms with Crippen LogP contribution in [0.3, 0.4) is 0 Å². The summed E-state index contributed by atoms with van der Waals surface area (Å²) >= 11 is 0. The van der Waals surface area contributed by atoms with Crippen LogP contribution in [0.15, 0.2) is 35.9 Å². The summed E-state index contributed by atoms with van der Waals surface area (Å²) in [5.74, 6) is -1.56. The number of methoxy groups -OCH3 is 1. The first-order valence-corrected chi connectivity index (χ1v) is 14.6. The number of allylic oxidation sites excluding steroid dienone is 1. The predicted molar refractivity (Wildman–Crippen MR) is 154 cm³/mol. The number of carbonyl (C=O) groups excluding carboxylic acids is 1. The Morgan fingerprint density at radius 3 is 2.15 bits per heavy atom. The second-order valence-corrected chi connectivity index (χ2v) is 13.4. The van der Waals surface area contributed by atoms with Crippen LogP contribution in [0, 0.1) is 16.6 Å². The van der Waals surface area contributed by atoms with Crippen molar-refractivity contribution in [2.45, 2.75) is 84.8 Å². The van der Waals surface area contributed by atoms with Crippen molar-refractivity contribution in [2.75, 3.05) is 13.7 Å². The Morgan fingerprint density at radius 2 is 1.63 bits per heavy atom. The molecule has 1 heterocycles. The van der Waals surface area contributed by atoms with Crippen LogP contribution in [0.5, 0.6) is 5.75 Å². The van der Waals surface area contributed by atoms with Gasteiger partial charge in [-0.15, -0.1) is 0 Å². The van der Waals surface area contributed by atoms with Crippen LogP contribution < -0.4 is 4.74 Å². The number of rotatable bonds is 8. The molecule has 1 aliphatic heterocycles. The van der Waals surface area contributed by atoms with Gasteiger partial charge in [0.15, 0.2) is 0 Å². The SMILES string of the molecule is COc1cc(F)c(CC(C)(C)C(=O)O)cc1C1=C(CN2C(=O)O[C@H](c3cc(C(F)(F)F)cc(C(F)(F)F)c3)[C@@H]2C)CC(C)(C)CC1. The molecule has 0 saturated carbocycles.